The van der Waals surface area contributed by atoms with E-state index in [2.05, 4.69) is 24.1 Å². The van der Waals surface area contributed by atoms with Gasteiger partial charge in [-0.05, 0) is 57.2 Å². The number of likely N-dealkylation sites (tertiary alicyclic amines) is 1. The van der Waals surface area contributed by atoms with Gasteiger partial charge in [0, 0.05) is 15.8 Å². The molecule has 1 aliphatic rings. The van der Waals surface area contributed by atoms with Crippen LogP contribution in [0.2, 0.25) is 0 Å². The normalized spacial score (nSPS) is 19.3. The number of rotatable bonds is 2. The number of hydrogen-bond acceptors (Lipinski definition) is 3. The van der Waals surface area contributed by atoms with E-state index in [0.29, 0.717) is 0 Å². The zero-order chi connectivity index (χ0) is 10.7. The molecule has 2 N–H and O–H groups in total. The van der Waals surface area contributed by atoms with Crippen LogP contribution in [0.1, 0.15) is 12.8 Å². The number of hydrogen-bond donors (Lipinski definition) is 1. The Kier molecular flexibility index (Phi) is 3.54. The Labute approximate surface area is 95.8 Å². The molecule has 0 saturated carbocycles. The van der Waals surface area contributed by atoms with Crippen molar-refractivity contribution in [1.29, 1.82) is 0 Å². The molecule has 1 aliphatic heterocycles. The number of anilines is 1. The average Bonchev–Trinajstić information content (AvgIpc) is 2.25. The van der Waals surface area contributed by atoms with Gasteiger partial charge in [0.1, 0.15) is 0 Å². The van der Waals surface area contributed by atoms with Gasteiger partial charge in [0.15, 0.2) is 0 Å². The first-order valence-corrected chi connectivity index (χ1v) is 6.33. The van der Waals surface area contributed by atoms with E-state index in [4.69, 9.17) is 5.73 Å². The first-order chi connectivity index (χ1) is 7.24. The van der Waals surface area contributed by atoms with Crippen molar-refractivity contribution in [2.45, 2.75) is 23.0 Å². The van der Waals surface area contributed by atoms with Gasteiger partial charge >= 0.3 is 0 Å². The fourth-order valence-corrected chi connectivity index (χ4v) is 2.97. The van der Waals surface area contributed by atoms with Crippen molar-refractivity contribution in [1.82, 2.24) is 4.90 Å². The molecule has 0 aromatic heterocycles. The second kappa shape index (κ2) is 4.90. The summed E-state index contributed by atoms with van der Waals surface area (Å²) >= 11 is 1.99. The van der Waals surface area contributed by atoms with E-state index in [1.54, 1.807) is 0 Å². The molecule has 0 unspecified atom stereocenters. The van der Waals surface area contributed by atoms with Crippen LogP contribution in [0.25, 0.3) is 0 Å². The summed E-state index contributed by atoms with van der Waals surface area (Å²) in [4.78, 5) is 3.75. The largest absolute Gasteiger partial charge is 0.399 e. The summed E-state index contributed by atoms with van der Waals surface area (Å²) in [5.41, 5.74) is 6.51. The van der Waals surface area contributed by atoms with Crippen molar-refractivity contribution in [3.8, 4) is 0 Å². The highest BCUT2D eigenvalue weighted by Gasteiger charge is 2.17. The van der Waals surface area contributed by atoms with Crippen LogP contribution >= 0.6 is 11.8 Å². The van der Waals surface area contributed by atoms with E-state index in [1.165, 1.54) is 30.8 Å². The minimum absolute atomic E-state index is 0.782. The van der Waals surface area contributed by atoms with Gasteiger partial charge in [-0.2, -0.15) is 0 Å². The lowest BCUT2D eigenvalue weighted by Gasteiger charge is -2.28. The Morgan fingerprint density at radius 1 is 1.20 bits per heavy atom. The third-order valence-corrected chi connectivity index (χ3v) is 4.20. The van der Waals surface area contributed by atoms with Crippen LogP contribution in [0, 0.1) is 0 Å². The Balaban J connectivity index is 1.89. The van der Waals surface area contributed by atoms with E-state index in [-0.39, 0.29) is 0 Å². The van der Waals surface area contributed by atoms with Gasteiger partial charge in [0.2, 0.25) is 0 Å². The Morgan fingerprint density at radius 2 is 1.80 bits per heavy atom. The fourth-order valence-electron chi connectivity index (χ4n) is 1.84. The molecule has 0 spiro atoms. The van der Waals surface area contributed by atoms with Crippen molar-refractivity contribution in [3.63, 3.8) is 0 Å². The minimum Gasteiger partial charge on any atom is -0.399 e. The van der Waals surface area contributed by atoms with Crippen LogP contribution in [0.4, 0.5) is 5.69 Å². The summed E-state index contributed by atoms with van der Waals surface area (Å²) in [6.45, 7) is 2.46. The van der Waals surface area contributed by atoms with Crippen LogP contribution in [0.3, 0.4) is 0 Å². The number of nitrogen functional groups attached to an aromatic ring is 1. The Morgan fingerprint density at radius 3 is 2.40 bits per heavy atom. The Bertz CT molecular complexity index is 302. The van der Waals surface area contributed by atoms with E-state index < -0.39 is 0 Å². The highest BCUT2D eigenvalue weighted by molar-refractivity contribution is 8.00. The van der Waals surface area contributed by atoms with Gasteiger partial charge in [-0.25, -0.2) is 0 Å². The fraction of sp³-hybridized carbons (Fsp3) is 0.500. The molecule has 1 aromatic rings. The molecule has 15 heavy (non-hydrogen) atoms. The van der Waals surface area contributed by atoms with E-state index in [9.17, 15) is 0 Å². The molecule has 3 heteroatoms. The molecule has 2 nitrogen and oxygen atoms in total. The predicted octanol–water partition coefficient (Wildman–Crippen LogP) is 2.46. The molecule has 82 valence electrons. The molecule has 1 heterocycles. The van der Waals surface area contributed by atoms with Gasteiger partial charge < -0.3 is 10.6 Å². The number of piperidine rings is 1. The van der Waals surface area contributed by atoms with Gasteiger partial charge in [0.05, 0.1) is 0 Å². The predicted molar refractivity (Wildman–Crippen MR) is 67.2 cm³/mol. The van der Waals surface area contributed by atoms with Crippen molar-refractivity contribution < 1.29 is 0 Å². The molecule has 1 saturated heterocycles. The number of thioether (sulfide) groups is 1. The molecular weight excluding hydrogens is 204 g/mol. The lowest BCUT2D eigenvalue weighted by Crippen LogP contribution is -2.31. The quantitative estimate of drug-likeness (QED) is 0.779. The summed E-state index contributed by atoms with van der Waals surface area (Å²) in [7, 11) is 2.20. The smallest absolute Gasteiger partial charge is 0.0314 e. The van der Waals surface area contributed by atoms with Crippen molar-refractivity contribution in [3.05, 3.63) is 24.3 Å². The van der Waals surface area contributed by atoms with Gasteiger partial charge in [-0.15, -0.1) is 11.8 Å². The molecule has 0 amide bonds. The Hall–Kier alpha value is -0.670. The van der Waals surface area contributed by atoms with Gasteiger partial charge in [-0.3, -0.25) is 0 Å². The van der Waals surface area contributed by atoms with Crippen molar-refractivity contribution >= 4 is 17.4 Å². The molecule has 0 bridgehead atoms. The number of benzene rings is 1. The molecule has 0 aliphatic carbocycles. The first kappa shape index (κ1) is 10.8. The third kappa shape index (κ3) is 3.14. The molecule has 0 radical (unpaired) electrons. The SMILES string of the molecule is CN1CCC(Sc2ccc(N)cc2)CC1. The van der Waals surface area contributed by atoms with Crippen LogP contribution in [-0.4, -0.2) is 30.3 Å². The topological polar surface area (TPSA) is 29.3 Å². The lowest BCUT2D eigenvalue weighted by molar-refractivity contribution is 0.282. The summed E-state index contributed by atoms with van der Waals surface area (Å²) < 4.78 is 0. The van der Waals surface area contributed by atoms with Crippen molar-refractivity contribution in [2.24, 2.45) is 0 Å². The zero-order valence-corrected chi connectivity index (χ0v) is 9.96. The lowest BCUT2D eigenvalue weighted by atomic mass is 10.1. The average molecular weight is 222 g/mol. The summed E-state index contributed by atoms with van der Waals surface area (Å²) in [6, 6.07) is 8.21. The number of nitrogens with two attached hydrogens (primary N) is 1. The minimum atomic E-state index is 0.782. The maximum absolute atomic E-state index is 5.66. The standard InChI is InChI=1S/C12H18N2S/c1-14-8-6-12(7-9-14)15-11-4-2-10(13)3-5-11/h2-5,12H,6-9,13H2,1H3. The van der Waals surface area contributed by atoms with E-state index in [0.717, 1.165) is 10.9 Å². The maximum atomic E-state index is 5.66. The third-order valence-electron chi connectivity index (χ3n) is 2.85. The first-order valence-electron chi connectivity index (χ1n) is 5.45. The van der Waals surface area contributed by atoms with Crippen LogP contribution in [-0.2, 0) is 0 Å². The second-order valence-electron chi connectivity index (χ2n) is 4.19. The number of nitrogens with zero attached hydrogens (tertiary/aromatic N) is 1. The molecular formula is C12H18N2S. The molecule has 0 atom stereocenters. The summed E-state index contributed by atoms with van der Waals surface area (Å²) in [5, 5.41) is 0.782. The van der Waals surface area contributed by atoms with Gasteiger partial charge in [0.25, 0.3) is 0 Å². The second-order valence-corrected chi connectivity index (χ2v) is 5.56. The maximum Gasteiger partial charge on any atom is 0.0314 e. The highest BCUT2D eigenvalue weighted by Crippen LogP contribution is 2.30. The van der Waals surface area contributed by atoms with E-state index >= 15 is 0 Å². The van der Waals surface area contributed by atoms with Crippen molar-refractivity contribution in [2.75, 3.05) is 25.9 Å². The molecule has 2 rings (SSSR count). The van der Waals surface area contributed by atoms with Crippen LogP contribution < -0.4 is 5.73 Å². The summed E-state index contributed by atoms with van der Waals surface area (Å²) in [6.07, 6.45) is 2.59. The van der Waals surface area contributed by atoms with Crippen LogP contribution in [0.5, 0.6) is 0 Å². The van der Waals surface area contributed by atoms with E-state index in [1.807, 2.05) is 23.9 Å². The zero-order valence-electron chi connectivity index (χ0n) is 9.15. The molecule has 1 fully saturated rings. The molecule has 1 aromatic carbocycles. The summed E-state index contributed by atoms with van der Waals surface area (Å²) in [5.74, 6) is 0. The monoisotopic (exact) mass is 222 g/mol. The highest BCUT2D eigenvalue weighted by atomic mass is 32.2. The van der Waals surface area contributed by atoms with Gasteiger partial charge in [-0.1, -0.05) is 0 Å². The van der Waals surface area contributed by atoms with Crippen LogP contribution in [0.15, 0.2) is 29.2 Å².